The largest absolute Gasteiger partial charge is 0.490 e. The number of benzene rings is 4. The van der Waals surface area contributed by atoms with Crippen LogP contribution < -0.4 is 9.47 Å². The van der Waals surface area contributed by atoms with Crippen molar-refractivity contribution in [3.8, 4) is 22.6 Å². The van der Waals surface area contributed by atoms with E-state index in [2.05, 4.69) is 53.4 Å². The van der Waals surface area contributed by atoms with Gasteiger partial charge in [0.2, 0.25) is 0 Å². The third-order valence-electron chi connectivity index (χ3n) is 7.32. The molecule has 5 heteroatoms. The highest BCUT2D eigenvalue weighted by atomic mass is 16.5. The molecule has 1 aliphatic heterocycles. The molecule has 1 fully saturated rings. The first kappa shape index (κ1) is 26.5. The fourth-order valence-electron chi connectivity index (χ4n) is 5.36. The average Bonchev–Trinajstić information content (AvgIpc) is 2.98. The van der Waals surface area contributed by atoms with Crippen molar-refractivity contribution >= 4 is 5.97 Å². The summed E-state index contributed by atoms with van der Waals surface area (Å²) in [4.78, 5) is 14.2. The molecule has 1 aliphatic rings. The van der Waals surface area contributed by atoms with Crippen LogP contribution in [-0.2, 0) is 11.4 Å². The minimum Gasteiger partial charge on any atom is -0.490 e. The smallest absolute Gasteiger partial charge is 0.307 e. The predicted molar refractivity (Wildman–Crippen MR) is 154 cm³/mol. The lowest BCUT2D eigenvalue weighted by Gasteiger charge is -2.38. The lowest BCUT2D eigenvalue weighted by molar-refractivity contribution is -0.143. The molecule has 0 saturated carbocycles. The molecule has 4 aromatic rings. The van der Waals surface area contributed by atoms with E-state index in [1.54, 1.807) is 0 Å². The predicted octanol–water partition coefficient (Wildman–Crippen LogP) is 7.22. The van der Waals surface area contributed by atoms with Crippen LogP contribution in [0.1, 0.15) is 42.5 Å². The highest BCUT2D eigenvalue weighted by molar-refractivity contribution is 5.70. The molecule has 2 unspecified atom stereocenters. The molecule has 0 spiro atoms. The molecule has 1 N–H and O–H groups in total. The molecule has 0 aromatic heterocycles. The number of nitrogens with zero attached hydrogens (tertiary/aromatic N) is 1. The summed E-state index contributed by atoms with van der Waals surface area (Å²) in [6.45, 7) is 4.29. The Hall–Kier alpha value is -4.09. The molecule has 4 aromatic carbocycles. The Labute approximate surface area is 230 Å². The van der Waals surface area contributed by atoms with Crippen molar-refractivity contribution in [2.75, 3.05) is 19.7 Å². The minimum absolute atomic E-state index is 0.0978. The summed E-state index contributed by atoms with van der Waals surface area (Å²) in [7, 11) is 0. The molecule has 2 atom stereocenters. The topological polar surface area (TPSA) is 59.0 Å². The average molecular weight is 522 g/mol. The van der Waals surface area contributed by atoms with Crippen LogP contribution in [0.3, 0.4) is 0 Å². The van der Waals surface area contributed by atoms with Crippen molar-refractivity contribution in [1.82, 2.24) is 4.90 Å². The molecular weight excluding hydrogens is 486 g/mol. The third kappa shape index (κ3) is 6.50. The molecule has 0 amide bonds. The first-order chi connectivity index (χ1) is 19.1. The quantitative estimate of drug-likeness (QED) is 0.239. The number of ether oxygens (including phenoxy) is 2. The highest BCUT2D eigenvalue weighted by Gasteiger charge is 2.32. The fraction of sp³-hybridized carbons (Fsp3) is 0.265. The van der Waals surface area contributed by atoms with Crippen molar-refractivity contribution < 1.29 is 19.4 Å². The fourth-order valence-corrected chi connectivity index (χ4v) is 5.36. The molecule has 0 aliphatic carbocycles. The van der Waals surface area contributed by atoms with Crippen LogP contribution in [0.15, 0.2) is 103 Å². The molecular formula is C34H35NO4. The number of rotatable bonds is 10. The second-order valence-electron chi connectivity index (χ2n) is 9.98. The van der Waals surface area contributed by atoms with Gasteiger partial charge in [0.05, 0.1) is 18.6 Å². The molecule has 200 valence electrons. The van der Waals surface area contributed by atoms with Gasteiger partial charge in [-0.1, -0.05) is 91.0 Å². The minimum atomic E-state index is -0.724. The monoisotopic (exact) mass is 521 g/mol. The second kappa shape index (κ2) is 12.6. The second-order valence-corrected chi connectivity index (χ2v) is 9.98. The van der Waals surface area contributed by atoms with Gasteiger partial charge in [-0.25, -0.2) is 0 Å². The van der Waals surface area contributed by atoms with E-state index >= 15 is 0 Å². The molecule has 5 nitrogen and oxygen atoms in total. The van der Waals surface area contributed by atoms with Gasteiger partial charge in [-0.15, -0.1) is 0 Å². The van der Waals surface area contributed by atoms with Crippen molar-refractivity contribution in [1.29, 1.82) is 0 Å². The number of hydrogen-bond donors (Lipinski definition) is 1. The number of carbonyl (C=O) groups is 1. The normalized spacial score (nSPS) is 16.4. The Kier molecular flexibility index (Phi) is 8.59. The summed E-state index contributed by atoms with van der Waals surface area (Å²) >= 11 is 0. The lowest BCUT2D eigenvalue weighted by atomic mass is 9.90. The van der Waals surface area contributed by atoms with E-state index in [9.17, 15) is 9.90 Å². The van der Waals surface area contributed by atoms with Crippen LogP contribution in [0.5, 0.6) is 11.5 Å². The highest BCUT2D eigenvalue weighted by Crippen LogP contribution is 2.38. The van der Waals surface area contributed by atoms with E-state index in [1.165, 1.54) is 5.56 Å². The number of hydrogen-bond acceptors (Lipinski definition) is 4. The van der Waals surface area contributed by atoms with Crippen LogP contribution in [0, 0.1) is 5.92 Å². The standard InChI is InChI=1S/C34H35NO4/c1-2-38-32-22-29(19-20-31(32)39-24-25-10-5-3-6-11-25)33(35-21-9-14-30(23-35)34(36)37)28-17-15-27(16-18-28)26-12-7-4-8-13-26/h3-8,10-13,15-20,22,30,33H,2,9,14,21,23-24H2,1H3,(H,36,37). The van der Waals surface area contributed by atoms with Gasteiger partial charge >= 0.3 is 5.97 Å². The van der Waals surface area contributed by atoms with E-state index in [-0.39, 0.29) is 12.0 Å². The van der Waals surface area contributed by atoms with Crippen molar-refractivity contribution in [2.45, 2.75) is 32.4 Å². The van der Waals surface area contributed by atoms with Crippen molar-refractivity contribution in [2.24, 2.45) is 5.92 Å². The van der Waals surface area contributed by atoms with E-state index in [1.807, 2.05) is 61.5 Å². The van der Waals surface area contributed by atoms with Gasteiger partial charge in [0.25, 0.3) is 0 Å². The summed E-state index contributed by atoms with van der Waals surface area (Å²) in [5.41, 5.74) is 5.60. The molecule has 1 saturated heterocycles. The van der Waals surface area contributed by atoms with Gasteiger partial charge in [-0.2, -0.15) is 0 Å². The number of carboxylic acid groups (broad SMARTS) is 1. The van der Waals surface area contributed by atoms with Crippen molar-refractivity contribution in [3.05, 3.63) is 120 Å². The third-order valence-corrected chi connectivity index (χ3v) is 7.32. The van der Waals surface area contributed by atoms with E-state index in [4.69, 9.17) is 9.47 Å². The Morgan fingerprint density at radius 2 is 1.51 bits per heavy atom. The molecule has 5 rings (SSSR count). The van der Waals surface area contributed by atoms with Crippen LogP contribution >= 0.6 is 0 Å². The van der Waals surface area contributed by atoms with Gasteiger partial charge in [0, 0.05) is 6.54 Å². The molecule has 1 heterocycles. The maximum Gasteiger partial charge on any atom is 0.307 e. The Morgan fingerprint density at radius 1 is 0.846 bits per heavy atom. The number of likely N-dealkylation sites (tertiary alicyclic amines) is 1. The lowest BCUT2D eigenvalue weighted by Crippen LogP contribution is -2.41. The van der Waals surface area contributed by atoms with Crippen molar-refractivity contribution in [3.63, 3.8) is 0 Å². The van der Waals surface area contributed by atoms with E-state index in [0.29, 0.717) is 37.7 Å². The number of aliphatic carboxylic acids is 1. The van der Waals surface area contributed by atoms with Gasteiger partial charge in [0.15, 0.2) is 11.5 Å². The zero-order valence-corrected chi connectivity index (χ0v) is 22.3. The summed E-state index contributed by atoms with van der Waals surface area (Å²) in [5, 5.41) is 9.78. The number of piperidine rings is 1. The zero-order valence-electron chi connectivity index (χ0n) is 22.3. The molecule has 0 bridgehead atoms. The molecule has 0 radical (unpaired) electrons. The van der Waals surface area contributed by atoms with E-state index < -0.39 is 5.97 Å². The van der Waals surface area contributed by atoms with Crippen LogP contribution in [-0.4, -0.2) is 35.7 Å². The summed E-state index contributed by atoms with van der Waals surface area (Å²) < 4.78 is 12.2. The van der Waals surface area contributed by atoms with Gasteiger partial charge in [-0.3, -0.25) is 9.69 Å². The Bertz CT molecular complexity index is 1360. The summed E-state index contributed by atoms with van der Waals surface area (Å²) in [6, 6.07) is 35.1. The zero-order chi connectivity index (χ0) is 27.0. The summed E-state index contributed by atoms with van der Waals surface area (Å²) in [5.74, 6) is 0.301. The first-order valence-electron chi connectivity index (χ1n) is 13.7. The van der Waals surface area contributed by atoms with Gasteiger partial charge in [-0.05, 0) is 66.3 Å². The Morgan fingerprint density at radius 3 is 2.21 bits per heavy atom. The molecule has 39 heavy (non-hydrogen) atoms. The van der Waals surface area contributed by atoms with Crippen LogP contribution in [0.4, 0.5) is 0 Å². The number of carboxylic acids is 1. The van der Waals surface area contributed by atoms with Gasteiger partial charge in [0.1, 0.15) is 6.61 Å². The Balaban J connectivity index is 1.48. The van der Waals surface area contributed by atoms with Crippen LogP contribution in [0.25, 0.3) is 11.1 Å². The maximum absolute atomic E-state index is 11.9. The summed E-state index contributed by atoms with van der Waals surface area (Å²) in [6.07, 6.45) is 1.56. The van der Waals surface area contributed by atoms with Crippen LogP contribution in [0.2, 0.25) is 0 Å². The van der Waals surface area contributed by atoms with Gasteiger partial charge < -0.3 is 14.6 Å². The first-order valence-corrected chi connectivity index (χ1v) is 13.7. The SMILES string of the molecule is CCOc1cc(C(c2ccc(-c3ccccc3)cc2)N2CCCC(C(=O)O)C2)ccc1OCc1ccccc1. The maximum atomic E-state index is 11.9. The van der Waals surface area contributed by atoms with E-state index in [0.717, 1.165) is 35.2 Å².